The van der Waals surface area contributed by atoms with E-state index in [1.54, 1.807) is 24.5 Å². The summed E-state index contributed by atoms with van der Waals surface area (Å²) < 4.78 is 0. The van der Waals surface area contributed by atoms with E-state index in [9.17, 15) is 10.1 Å². The SMILES string of the molecule is O=[N+]([O-])c1ncccc1NCCc1ncc[nH]1. The number of aromatic nitrogens is 3. The van der Waals surface area contributed by atoms with Crippen molar-refractivity contribution in [3.63, 3.8) is 0 Å². The van der Waals surface area contributed by atoms with Crippen LogP contribution in [-0.2, 0) is 6.42 Å². The first-order valence-corrected chi connectivity index (χ1v) is 5.09. The summed E-state index contributed by atoms with van der Waals surface area (Å²) in [5, 5.41) is 13.7. The van der Waals surface area contributed by atoms with Crippen molar-refractivity contribution in [1.82, 2.24) is 15.0 Å². The van der Waals surface area contributed by atoms with Crippen molar-refractivity contribution in [3.8, 4) is 0 Å². The quantitative estimate of drug-likeness (QED) is 0.600. The van der Waals surface area contributed by atoms with E-state index in [1.807, 2.05) is 0 Å². The Bertz CT molecular complexity index is 497. The number of aromatic amines is 1. The van der Waals surface area contributed by atoms with Crippen molar-refractivity contribution < 1.29 is 4.92 Å². The maximum Gasteiger partial charge on any atom is 0.386 e. The summed E-state index contributed by atoms with van der Waals surface area (Å²) in [5.74, 6) is 0.677. The lowest BCUT2D eigenvalue weighted by molar-refractivity contribution is -0.388. The lowest BCUT2D eigenvalue weighted by Gasteiger charge is -2.04. The minimum absolute atomic E-state index is 0.160. The number of hydrogen-bond donors (Lipinski definition) is 2. The highest BCUT2D eigenvalue weighted by molar-refractivity contribution is 5.56. The fourth-order valence-electron chi connectivity index (χ4n) is 1.43. The van der Waals surface area contributed by atoms with Crippen LogP contribution in [0.2, 0.25) is 0 Å². The number of nitro groups is 1. The van der Waals surface area contributed by atoms with E-state index in [1.165, 1.54) is 6.20 Å². The molecule has 0 bridgehead atoms. The maximum atomic E-state index is 10.7. The average molecular weight is 233 g/mol. The zero-order valence-corrected chi connectivity index (χ0v) is 8.96. The van der Waals surface area contributed by atoms with Crippen molar-refractivity contribution in [2.45, 2.75) is 6.42 Å². The third-order valence-corrected chi connectivity index (χ3v) is 2.19. The largest absolute Gasteiger partial charge is 0.386 e. The number of H-pyrrole nitrogens is 1. The normalized spacial score (nSPS) is 10.1. The molecule has 2 rings (SSSR count). The first kappa shape index (κ1) is 11.1. The van der Waals surface area contributed by atoms with Crippen LogP contribution >= 0.6 is 0 Å². The number of rotatable bonds is 5. The van der Waals surface area contributed by atoms with Gasteiger partial charge in [-0.2, -0.15) is 0 Å². The first-order chi connectivity index (χ1) is 8.27. The van der Waals surface area contributed by atoms with Gasteiger partial charge in [0.2, 0.25) is 0 Å². The molecular formula is C10H11N5O2. The van der Waals surface area contributed by atoms with E-state index in [4.69, 9.17) is 0 Å². The van der Waals surface area contributed by atoms with Crippen molar-refractivity contribution in [1.29, 1.82) is 0 Å². The van der Waals surface area contributed by atoms with Crippen molar-refractivity contribution >= 4 is 11.5 Å². The molecule has 0 fully saturated rings. The van der Waals surface area contributed by atoms with E-state index in [2.05, 4.69) is 20.3 Å². The molecule has 0 unspecified atom stereocenters. The second-order valence-corrected chi connectivity index (χ2v) is 3.34. The van der Waals surface area contributed by atoms with Crippen LogP contribution in [0, 0.1) is 10.1 Å². The maximum absolute atomic E-state index is 10.7. The van der Waals surface area contributed by atoms with Gasteiger partial charge in [-0.05, 0) is 22.0 Å². The topological polar surface area (TPSA) is 96.7 Å². The summed E-state index contributed by atoms with van der Waals surface area (Å²) in [4.78, 5) is 20.9. The van der Waals surface area contributed by atoms with E-state index in [-0.39, 0.29) is 5.82 Å². The summed E-state index contributed by atoms with van der Waals surface area (Å²) in [6, 6.07) is 3.29. The van der Waals surface area contributed by atoms with Crippen molar-refractivity contribution in [2.75, 3.05) is 11.9 Å². The molecule has 17 heavy (non-hydrogen) atoms. The molecule has 0 spiro atoms. The van der Waals surface area contributed by atoms with Crippen molar-refractivity contribution in [2.24, 2.45) is 0 Å². The lowest BCUT2D eigenvalue weighted by Crippen LogP contribution is -2.08. The molecule has 0 saturated heterocycles. The Hall–Kier alpha value is -2.44. The van der Waals surface area contributed by atoms with Gasteiger partial charge in [-0.1, -0.05) is 0 Å². The molecule has 0 aliphatic carbocycles. The highest BCUT2D eigenvalue weighted by Gasteiger charge is 2.13. The van der Waals surface area contributed by atoms with Gasteiger partial charge in [0.1, 0.15) is 17.7 Å². The molecule has 0 atom stereocenters. The zero-order valence-electron chi connectivity index (χ0n) is 8.96. The monoisotopic (exact) mass is 233 g/mol. The number of pyridine rings is 1. The fourth-order valence-corrected chi connectivity index (χ4v) is 1.43. The Morgan fingerprint density at radius 2 is 2.29 bits per heavy atom. The summed E-state index contributed by atoms with van der Waals surface area (Å²) in [6.45, 7) is 0.556. The Morgan fingerprint density at radius 1 is 1.41 bits per heavy atom. The summed E-state index contributed by atoms with van der Waals surface area (Å²) in [7, 11) is 0. The van der Waals surface area contributed by atoms with Gasteiger partial charge in [-0.15, -0.1) is 0 Å². The minimum Gasteiger partial charge on any atom is -0.378 e. The molecule has 7 heteroatoms. The van der Waals surface area contributed by atoms with Gasteiger partial charge in [0.05, 0.1) is 0 Å². The van der Waals surface area contributed by atoms with Gasteiger partial charge in [-0.25, -0.2) is 4.98 Å². The van der Waals surface area contributed by atoms with E-state index in [0.717, 1.165) is 5.82 Å². The Morgan fingerprint density at radius 3 is 3.00 bits per heavy atom. The van der Waals surface area contributed by atoms with E-state index < -0.39 is 4.92 Å². The molecule has 0 saturated carbocycles. The van der Waals surface area contributed by atoms with Crippen LogP contribution in [0.3, 0.4) is 0 Å². The van der Waals surface area contributed by atoms with E-state index in [0.29, 0.717) is 18.7 Å². The molecule has 2 N–H and O–H groups in total. The third-order valence-electron chi connectivity index (χ3n) is 2.19. The van der Waals surface area contributed by atoms with Crippen molar-refractivity contribution in [3.05, 3.63) is 46.7 Å². The number of hydrogen-bond acceptors (Lipinski definition) is 5. The highest BCUT2D eigenvalue weighted by atomic mass is 16.6. The molecule has 0 aliphatic rings. The molecule has 88 valence electrons. The number of imidazole rings is 1. The lowest BCUT2D eigenvalue weighted by atomic mass is 10.3. The van der Waals surface area contributed by atoms with Gasteiger partial charge in [0, 0.05) is 25.4 Å². The van der Waals surface area contributed by atoms with Crippen LogP contribution < -0.4 is 5.32 Å². The van der Waals surface area contributed by atoms with Crippen LogP contribution in [0.15, 0.2) is 30.7 Å². The smallest absolute Gasteiger partial charge is 0.378 e. The number of anilines is 1. The zero-order chi connectivity index (χ0) is 12.1. The highest BCUT2D eigenvalue weighted by Crippen LogP contribution is 2.19. The number of nitrogens with one attached hydrogen (secondary N) is 2. The molecule has 0 aliphatic heterocycles. The Balaban J connectivity index is 1.97. The average Bonchev–Trinajstić information content (AvgIpc) is 2.82. The van der Waals surface area contributed by atoms with Gasteiger partial charge in [-0.3, -0.25) is 0 Å². The van der Waals surface area contributed by atoms with Crippen LogP contribution in [0.5, 0.6) is 0 Å². The van der Waals surface area contributed by atoms with Gasteiger partial charge < -0.3 is 20.4 Å². The summed E-state index contributed by atoms with van der Waals surface area (Å²) in [6.07, 6.45) is 5.47. The van der Waals surface area contributed by atoms with Gasteiger partial charge >= 0.3 is 5.82 Å². The van der Waals surface area contributed by atoms with E-state index >= 15 is 0 Å². The number of nitrogens with zero attached hydrogens (tertiary/aromatic N) is 3. The Kier molecular flexibility index (Phi) is 3.29. The van der Waals surface area contributed by atoms with Crippen LogP contribution in [0.4, 0.5) is 11.5 Å². The molecule has 0 amide bonds. The molecule has 2 aromatic heterocycles. The third kappa shape index (κ3) is 2.77. The first-order valence-electron chi connectivity index (χ1n) is 5.09. The van der Waals surface area contributed by atoms with Crippen LogP contribution in [0.1, 0.15) is 5.82 Å². The van der Waals surface area contributed by atoms with Crippen LogP contribution in [0.25, 0.3) is 0 Å². The molecule has 7 nitrogen and oxygen atoms in total. The molecule has 0 radical (unpaired) electrons. The predicted octanol–water partition coefficient (Wildman–Crippen LogP) is 1.37. The molecule has 2 aromatic rings. The molecule has 0 aromatic carbocycles. The second kappa shape index (κ2) is 5.06. The predicted molar refractivity (Wildman–Crippen MR) is 61.7 cm³/mol. The minimum atomic E-state index is -0.505. The fraction of sp³-hybridized carbons (Fsp3) is 0.200. The summed E-state index contributed by atoms with van der Waals surface area (Å²) >= 11 is 0. The van der Waals surface area contributed by atoms with Gasteiger partial charge in [0.25, 0.3) is 0 Å². The second-order valence-electron chi connectivity index (χ2n) is 3.34. The molecular weight excluding hydrogens is 222 g/mol. The molecule has 2 heterocycles. The Labute approximate surface area is 97.1 Å². The summed E-state index contributed by atoms with van der Waals surface area (Å²) in [5.41, 5.74) is 0.420. The van der Waals surface area contributed by atoms with Gasteiger partial charge in [0.15, 0.2) is 0 Å². The van der Waals surface area contributed by atoms with Crippen LogP contribution in [-0.4, -0.2) is 26.4 Å². The standard InChI is InChI=1S/C10H11N5O2/c16-15(17)10-8(2-1-4-14-10)11-5-3-9-12-6-7-13-9/h1-2,4,6-7,11H,3,5H2,(H,12,13).